The standard InChI is InChI=1S/C6H16NO4.H2O/c1-7(2,10-5-3-8)11-6-4-9;/h8-9H,3-6H2,1-2H3;1H2/q+1;/p-1. The Hall–Kier alpha value is -0.240. The van der Waals surface area contributed by atoms with E-state index in [9.17, 15) is 0 Å². The van der Waals surface area contributed by atoms with Gasteiger partial charge in [0.2, 0.25) is 0 Å². The molecule has 0 amide bonds. The van der Waals surface area contributed by atoms with E-state index in [2.05, 4.69) is 0 Å². The van der Waals surface area contributed by atoms with E-state index in [-0.39, 0.29) is 36.7 Å². The summed E-state index contributed by atoms with van der Waals surface area (Å²) in [6.07, 6.45) is 0. The van der Waals surface area contributed by atoms with Crippen molar-refractivity contribution >= 4 is 0 Å². The fraction of sp³-hybridized carbons (Fsp3) is 1.00. The maximum Gasteiger partial charge on any atom is 0.133 e. The van der Waals surface area contributed by atoms with Crippen molar-refractivity contribution in [3.63, 3.8) is 0 Å². The molecule has 0 aliphatic heterocycles. The van der Waals surface area contributed by atoms with E-state index in [4.69, 9.17) is 19.9 Å². The Kier molecular flexibility index (Phi) is 8.83. The molecular weight excluding hydrogens is 166 g/mol. The molecule has 0 unspecified atom stereocenters. The fourth-order valence-electron chi connectivity index (χ4n) is 0.559. The summed E-state index contributed by atoms with van der Waals surface area (Å²) in [4.78, 5) is 9.96. The highest BCUT2D eigenvalue weighted by molar-refractivity contribution is 4.14. The first-order valence-corrected chi connectivity index (χ1v) is 3.47. The van der Waals surface area contributed by atoms with Crippen LogP contribution in [0.5, 0.6) is 0 Å². The zero-order valence-electron chi connectivity index (χ0n) is 7.43. The summed E-state index contributed by atoms with van der Waals surface area (Å²) in [6, 6.07) is 0. The summed E-state index contributed by atoms with van der Waals surface area (Å²) in [7, 11) is 3.34. The van der Waals surface area contributed by atoms with Crippen LogP contribution < -0.4 is 0 Å². The molecule has 3 N–H and O–H groups in total. The molecule has 0 atom stereocenters. The van der Waals surface area contributed by atoms with Crippen molar-refractivity contribution in [2.24, 2.45) is 0 Å². The number of rotatable bonds is 6. The summed E-state index contributed by atoms with van der Waals surface area (Å²) < 4.78 is 0. The van der Waals surface area contributed by atoms with Crippen LogP contribution in [0, 0.1) is 0 Å². The molecule has 12 heavy (non-hydrogen) atoms. The average molecular weight is 183 g/mol. The zero-order valence-corrected chi connectivity index (χ0v) is 7.43. The third-order valence-corrected chi connectivity index (χ3v) is 0.987. The molecule has 0 radical (unpaired) electrons. The fourth-order valence-corrected chi connectivity index (χ4v) is 0.559. The van der Waals surface area contributed by atoms with E-state index in [0.29, 0.717) is 0 Å². The minimum Gasteiger partial charge on any atom is -0.870 e. The minimum absolute atomic E-state index is 0. The van der Waals surface area contributed by atoms with Gasteiger partial charge in [0.15, 0.2) is 0 Å². The van der Waals surface area contributed by atoms with E-state index in [1.165, 1.54) is 0 Å². The molecule has 0 saturated heterocycles. The first-order valence-electron chi connectivity index (χ1n) is 3.47. The zero-order chi connectivity index (χ0) is 8.74. The lowest BCUT2D eigenvalue weighted by atomic mass is 10.8. The molecule has 0 saturated carbocycles. The van der Waals surface area contributed by atoms with Crippen LogP contribution in [0.1, 0.15) is 0 Å². The van der Waals surface area contributed by atoms with E-state index in [0.717, 1.165) is 0 Å². The van der Waals surface area contributed by atoms with Gasteiger partial charge in [-0.05, 0) is 4.81 Å². The second-order valence-corrected chi connectivity index (χ2v) is 2.37. The lowest BCUT2D eigenvalue weighted by molar-refractivity contribution is -1.22. The normalized spacial score (nSPS) is 11.0. The highest BCUT2D eigenvalue weighted by Gasteiger charge is 2.17. The van der Waals surface area contributed by atoms with Gasteiger partial charge in [-0.25, -0.2) is 0 Å². The van der Waals surface area contributed by atoms with Crippen LogP contribution in [-0.2, 0) is 9.68 Å². The van der Waals surface area contributed by atoms with Gasteiger partial charge in [0.05, 0.1) is 13.2 Å². The van der Waals surface area contributed by atoms with Crippen molar-refractivity contribution in [3.05, 3.63) is 0 Å². The Bertz CT molecular complexity index is 87.9. The second-order valence-electron chi connectivity index (χ2n) is 2.37. The highest BCUT2D eigenvalue weighted by Crippen LogP contribution is 1.98. The molecule has 0 bridgehead atoms. The van der Waals surface area contributed by atoms with Crippen LogP contribution in [0.2, 0.25) is 0 Å². The molecule has 0 aromatic heterocycles. The lowest BCUT2D eigenvalue weighted by Gasteiger charge is -2.23. The Balaban J connectivity index is 0. The van der Waals surface area contributed by atoms with Gasteiger partial charge in [-0.1, -0.05) is 0 Å². The van der Waals surface area contributed by atoms with Gasteiger partial charge in [-0.2, -0.15) is 9.68 Å². The average Bonchev–Trinajstić information content (AvgIpc) is 1.97. The number of hydrogen-bond donors (Lipinski definition) is 2. The van der Waals surface area contributed by atoms with Crippen LogP contribution in [0.4, 0.5) is 0 Å². The van der Waals surface area contributed by atoms with Crippen LogP contribution in [0.3, 0.4) is 0 Å². The summed E-state index contributed by atoms with van der Waals surface area (Å²) in [5, 5.41) is 16.8. The number of hydrogen-bond acceptors (Lipinski definition) is 5. The van der Waals surface area contributed by atoms with Crippen LogP contribution in [-0.4, -0.2) is 61.0 Å². The Morgan fingerprint density at radius 3 is 1.58 bits per heavy atom. The van der Waals surface area contributed by atoms with Gasteiger partial charge in [0.1, 0.15) is 27.3 Å². The van der Waals surface area contributed by atoms with Crippen LogP contribution in [0.15, 0.2) is 0 Å². The molecule has 0 aliphatic carbocycles. The van der Waals surface area contributed by atoms with Crippen molar-refractivity contribution < 1.29 is 30.2 Å². The summed E-state index contributed by atoms with van der Waals surface area (Å²) in [6.45, 7) is 0.366. The summed E-state index contributed by atoms with van der Waals surface area (Å²) >= 11 is 0. The monoisotopic (exact) mass is 183 g/mol. The van der Waals surface area contributed by atoms with Gasteiger partial charge < -0.3 is 15.7 Å². The molecule has 0 aliphatic rings. The third kappa shape index (κ3) is 7.86. The smallest absolute Gasteiger partial charge is 0.133 e. The maximum atomic E-state index is 8.42. The molecule has 0 fully saturated rings. The predicted molar refractivity (Wildman–Crippen MR) is 40.1 cm³/mol. The third-order valence-electron chi connectivity index (χ3n) is 0.987. The molecular formula is C6H17NO5. The molecule has 0 spiro atoms. The van der Waals surface area contributed by atoms with Crippen molar-refractivity contribution in [2.45, 2.75) is 0 Å². The van der Waals surface area contributed by atoms with Gasteiger partial charge in [0, 0.05) is 0 Å². The topological polar surface area (TPSA) is 88.9 Å². The minimum atomic E-state index is -0.110. The molecule has 0 rings (SSSR count). The van der Waals surface area contributed by atoms with Gasteiger partial charge in [0.25, 0.3) is 0 Å². The van der Waals surface area contributed by atoms with E-state index in [1.807, 2.05) is 0 Å². The van der Waals surface area contributed by atoms with Crippen molar-refractivity contribution in [2.75, 3.05) is 40.5 Å². The van der Waals surface area contributed by atoms with Crippen LogP contribution >= 0.6 is 0 Å². The molecule has 0 aromatic carbocycles. The Labute approximate surface area is 71.7 Å². The number of nitrogens with zero attached hydrogens (tertiary/aromatic N) is 1. The van der Waals surface area contributed by atoms with Crippen molar-refractivity contribution in [3.8, 4) is 0 Å². The van der Waals surface area contributed by atoms with Gasteiger partial charge in [-0.15, -0.1) is 0 Å². The lowest BCUT2D eigenvalue weighted by Crippen LogP contribution is -2.41. The molecule has 0 aromatic rings. The van der Waals surface area contributed by atoms with Crippen LogP contribution in [0.25, 0.3) is 0 Å². The molecule has 6 nitrogen and oxygen atoms in total. The van der Waals surface area contributed by atoms with E-state index < -0.39 is 0 Å². The van der Waals surface area contributed by atoms with Crippen molar-refractivity contribution in [1.29, 1.82) is 0 Å². The number of quaternary nitrogens is 1. The number of aliphatic hydroxyl groups excluding tert-OH is 2. The summed E-state index contributed by atoms with van der Waals surface area (Å²) in [5.41, 5.74) is 0. The largest absolute Gasteiger partial charge is 0.870 e. The predicted octanol–water partition coefficient (Wildman–Crippen LogP) is -1.27. The van der Waals surface area contributed by atoms with Gasteiger partial charge >= 0.3 is 0 Å². The van der Waals surface area contributed by atoms with E-state index >= 15 is 0 Å². The van der Waals surface area contributed by atoms with Gasteiger partial charge in [-0.3, -0.25) is 0 Å². The molecule has 6 heteroatoms. The Morgan fingerprint density at radius 2 is 1.33 bits per heavy atom. The quantitative estimate of drug-likeness (QED) is 0.396. The number of aliphatic hydroxyl groups is 2. The highest BCUT2D eigenvalue weighted by atomic mass is 17.0. The first kappa shape index (κ1) is 14.3. The molecule has 76 valence electrons. The van der Waals surface area contributed by atoms with Crippen molar-refractivity contribution in [1.82, 2.24) is 0 Å². The number of hydroxylamine groups is 4. The first-order chi connectivity index (χ1) is 5.12. The second kappa shape index (κ2) is 7.41. The Morgan fingerprint density at radius 1 is 1.00 bits per heavy atom. The molecule has 0 heterocycles. The maximum absolute atomic E-state index is 8.42. The SMILES string of the molecule is C[N+](C)(OCCO)OCCO.[OH-]. The van der Waals surface area contributed by atoms with E-state index in [1.54, 1.807) is 14.1 Å². The summed E-state index contributed by atoms with van der Waals surface area (Å²) in [5.74, 6) is 0.